The van der Waals surface area contributed by atoms with Crippen LogP contribution in [0.3, 0.4) is 0 Å². The maximum absolute atomic E-state index is 12.4. The minimum Gasteiger partial charge on any atom is -0.497 e. The molecule has 138 valence electrons. The third kappa shape index (κ3) is 4.63. The van der Waals surface area contributed by atoms with Crippen molar-refractivity contribution in [3.63, 3.8) is 0 Å². The number of nitrogens with one attached hydrogen (secondary N) is 1. The van der Waals surface area contributed by atoms with Crippen molar-refractivity contribution in [2.24, 2.45) is 0 Å². The second kappa shape index (κ2) is 9.04. The van der Waals surface area contributed by atoms with Crippen molar-refractivity contribution >= 4 is 11.9 Å². The second-order valence-electron chi connectivity index (χ2n) is 6.18. The van der Waals surface area contributed by atoms with E-state index < -0.39 is 11.5 Å². The summed E-state index contributed by atoms with van der Waals surface area (Å²) in [7, 11) is 1.62. The lowest BCUT2D eigenvalue weighted by molar-refractivity contribution is -0.148. The van der Waals surface area contributed by atoms with E-state index in [1.807, 2.05) is 30.3 Å². The van der Waals surface area contributed by atoms with E-state index in [0.29, 0.717) is 12.0 Å². The van der Waals surface area contributed by atoms with Gasteiger partial charge in [0.25, 0.3) is 0 Å². The highest BCUT2D eigenvalue weighted by molar-refractivity contribution is 5.88. The molecule has 0 bridgehead atoms. The minimum absolute atomic E-state index is 0.258. The van der Waals surface area contributed by atoms with Crippen molar-refractivity contribution in [1.29, 1.82) is 0 Å². The fraction of sp³-hybridized carbons (Fsp3) is 0.333. The van der Waals surface area contributed by atoms with Crippen molar-refractivity contribution in [1.82, 2.24) is 5.32 Å². The summed E-state index contributed by atoms with van der Waals surface area (Å²) in [5.74, 6) is -0.509. The average Bonchev–Trinajstić information content (AvgIpc) is 2.67. The van der Waals surface area contributed by atoms with Gasteiger partial charge in [0.05, 0.1) is 7.11 Å². The Morgan fingerprint density at radius 1 is 1.08 bits per heavy atom. The molecule has 0 aliphatic rings. The molecule has 1 atom stereocenters. The van der Waals surface area contributed by atoms with Gasteiger partial charge in [-0.3, -0.25) is 4.79 Å². The number of methoxy groups -OCH3 is 1. The topological polar surface area (TPSA) is 75.6 Å². The van der Waals surface area contributed by atoms with Crippen LogP contribution in [0.25, 0.3) is 0 Å². The second-order valence-corrected chi connectivity index (χ2v) is 6.18. The molecule has 2 aromatic rings. The molecule has 2 aromatic carbocycles. The minimum atomic E-state index is -1.39. The van der Waals surface area contributed by atoms with E-state index in [1.54, 1.807) is 38.3 Å². The number of hydrogen-bond donors (Lipinski definition) is 2. The lowest BCUT2D eigenvalue weighted by Gasteiger charge is -2.30. The van der Waals surface area contributed by atoms with Crippen LogP contribution in [0.2, 0.25) is 0 Å². The van der Waals surface area contributed by atoms with Crippen LogP contribution in [0, 0.1) is 0 Å². The number of carboxylic acid groups (broad SMARTS) is 1. The number of benzene rings is 2. The summed E-state index contributed by atoms with van der Waals surface area (Å²) in [6, 6.07) is 16.5. The first-order valence-corrected chi connectivity index (χ1v) is 8.74. The first-order chi connectivity index (χ1) is 12.5. The number of carboxylic acids is 1. The zero-order chi connectivity index (χ0) is 19.0. The highest BCUT2D eigenvalue weighted by Crippen LogP contribution is 2.26. The Hall–Kier alpha value is -2.82. The van der Waals surface area contributed by atoms with Gasteiger partial charge in [0.2, 0.25) is 5.91 Å². The maximum atomic E-state index is 12.4. The van der Waals surface area contributed by atoms with Gasteiger partial charge in [-0.2, -0.15) is 0 Å². The molecule has 1 amide bonds. The fourth-order valence-electron chi connectivity index (χ4n) is 2.96. The van der Waals surface area contributed by atoms with Crippen LogP contribution < -0.4 is 10.1 Å². The Kier molecular flexibility index (Phi) is 6.78. The first-order valence-electron chi connectivity index (χ1n) is 8.74. The number of hydrogen-bond acceptors (Lipinski definition) is 3. The predicted molar refractivity (Wildman–Crippen MR) is 100 cm³/mol. The molecule has 5 nitrogen and oxygen atoms in total. The zero-order valence-corrected chi connectivity index (χ0v) is 15.2. The van der Waals surface area contributed by atoms with Crippen LogP contribution >= 0.6 is 0 Å². The third-order valence-corrected chi connectivity index (χ3v) is 4.54. The monoisotopic (exact) mass is 355 g/mol. The van der Waals surface area contributed by atoms with Gasteiger partial charge in [0.1, 0.15) is 5.75 Å². The molecule has 0 fully saturated rings. The van der Waals surface area contributed by atoms with Crippen LogP contribution in [0.4, 0.5) is 0 Å². The standard InChI is InChI=1S/C21H25NO4/c1-3-21(20(24)25,17-9-5-4-6-10-17)22-19(23)11-7-8-16-12-14-18(26-2)15-13-16/h4-6,9-10,12-15H,3,7-8,11H2,1-2H3,(H,22,23)(H,24,25). The van der Waals surface area contributed by atoms with Gasteiger partial charge in [-0.15, -0.1) is 0 Å². The van der Waals surface area contributed by atoms with Crippen molar-refractivity contribution in [3.8, 4) is 5.75 Å². The SMILES string of the molecule is CCC(NC(=O)CCCc1ccc(OC)cc1)(C(=O)O)c1ccccc1. The number of rotatable bonds is 9. The van der Waals surface area contributed by atoms with E-state index in [9.17, 15) is 14.7 Å². The lowest BCUT2D eigenvalue weighted by atomic mass is 9.87. The molecule has 2 N–H and O–H groups in total. The summed E-state index contributed by atoms with van der Waals surface area (Å²) in [5.41, 5.74) is 0.304. The van der Waals surface area contributed by atoms with E-state index in [2.05, 4.69) is 5.32 Å². The molecule has 0 saturated carbocycles. The molecule has 26 heavy (non-hydrogen) atoms. The molecule has 0 spiro atoms. The van der Waals surface area contributed by atoms with E-state index in [-0.39, 0.29) is 18.7 Å². The molecule has 0 saturated heterocycles. The normalized spacial score (nSPS) is 12.8. The van der Waals surface area contributed by atoms with E-state index in [0.717, 1.165) is 17.7 Å². The Labute approximate surface area is 154 Å². The number of amides is 1. The van der Waals surface area contributed by atoms with Gasteiger partial charge < -0.3 is 15.2 Å². The number of aryl methyl sites for hydroxylation is 1. The van der Waals surface area contributed by atoms with Gasteiger partial charge in [-0.1, -0.05) is 49.4 Å². The highest BCUT2D eigenvalue weighted by Gasteiger charge is 2.39. The molecular formula is C21H25NO4. The van der Waals surface area contributed by atoms with Crippen molar-refractivity contribution in [3.05, 3.63) is 65.7 Å². The summed E-state index contributed by atoms with van der Waals surface area (Å²) in [6.07, 6.45) is 1.94. The lowest BCUT2D eigenvalue weighted by Crippen LogP contribution is -2.51. The van der Waals surface area contributed by atoms with Crippen molar-refractivity contribution < 1.29 is 19.4 Å². The Morgan fingerprint density at radius 3 is 2.27 bits per heavy atom. The molecule has 0 aromatic heterocycles. The molecule has 1 unspecified atom stereocenters. The van der Waals surface area contributed by atoms with Gasteiger partial charge in [0, 0.05) is 6.42 Å². The van der Waals surface area contributed by atoms with Crippen LogP contribution in [-0.2, 0) is 21.5 Å². The Bertz CT molecular complexity index is 727. The number of aliphatic carboxylic acids is 1. The smallest absolute Gasteiger partial charge is 0.334 e. The molecule has 5 heteroatoms. The summed E-state index contributed by atoms with van der Waals surface area (Å²) < 4.78 is 5.12. The predicted octanol–water partition coefficient (Wildman–Crippen LogP) is 3.52. The Morgan fingerprint density at radius 2 is 1.73 bits per heavy atom. The van der Waals surface area contributed by atoms with Crippen LogP contribution in [-0.4, -0.2) is 24.1 Å². The number of ether oxygens (including phenoxy) is 1. The molecule has 2 rings (SSSR count). The fourth-order valence-corrected chi connectivity index (χ4v) is 2.96. The van der Waals surface area contributed by atoms with Gasteiger partial charge >= 0.3 is 5.97 Å². The number of carbonyl (C=O) groups excluding carboxylic acids is 1. The third-order valence-electron chi connectivity index (χ3n) is 4.54. The quantitative estimate of drug-likeness (QED) is 0.722. The molecule has 0 aliphatic heterocycles. The molecular weight excluding hydrogens is 330 g/mol. The van der Waals surface area contributed by atoms with E-state index in [4.69, 9.17) is 4.74 Å². The van der Waals surface area contributed by atoms with Crippen LogP contribution in [0.1, 0.15) is 37.3 Å². The first kappa shape index (κ1) is 19.5. The van der Waals surface area contributed by atoms with Crippen molar-refractivity contribution in [2.45, 2.75) is 38.1 Å². The van der Waals surface area contributed by atoms with Crippen LogP contribution in [0.5, 0.6) is 5.75 Å². The van der Waals surface area contributed by atoms with E-state index in [1.165, 1.54) is 0 Å². The zero-order valence-electron chi connectivity index (χ0n) is 15.2. The maximum Gasteiger partial charge on any atom is 0.334 e. The molecule has 0 aliphatic carbocycles. The Balaban J connectivity index is 1.98. The largest absolute Gasteiger partial charge is 0.497 e. The van der Waals surface area contributed by atoms with Gasteiger partial charge in [0.15, 0.2) is 5.54 Å². The summed E-state index contributed by atoms with van der Waals surface area (Å²) in [5, 5.41) is 12.5. The summed E-state index contributed by atoms with van der Waals surface area (Å²) in [4.78, 5) is 24.3. The summed E-state index contributed by atoms with van der Waals surface area (Å²) >= 11 is 0. The molecule has 0 radical (unpaired) electrons. The van der Waals surface area contributed by atoms with Gasteiger partial charge in [-0.05, 0) is 42.5 Å². The number of carbonyl (C=O) groups is 2. The van der Waals surface area contributed by atoms with Crippen LogP contribution in [0.15, 0.2) is 54.6 Å². The summed E-state index contributed by atoms with van der Waals surface area (Å²) in [6.45, 7) is 1.76. The van der Waals surface area contributed by atoms with Crippen molar-refractivity contribution in [2.75, 3.05) is 7.11 Å². The van der Waals surface area contributed by atoms with Gasteiger partial charge in [-0.25, -0.2) is 4.79 Å². The average molecular weight is 355 g/mol. The van der Waals surface area contributed by atoms with E-state index >= 15 is 0 Å². The molecule has 0 heterocycles. The highest BCUT2D eigenvalue weighted by atomic mass is 16.5.